The van der Waals surface area contributed by atoms with Gasteiger partial charge in [0.2, 0.25) is 11.6 Å². The second-order valence-corrected chi connectivity index (χ2v) is 15.9. The number of aliphatic carboxylic acids is 2. The molecule has 0 spiro atoms. The number of carboxylic acid groups (broad SMARTS) is 2. The Balaban J connectivity index is 0.000000238. The largest absolute Gasteiger partial charge is 0.490 e. The molecular formula is C49H54ClN5O8. The summed E-state index contributed by atoms with van der Waals surface area (Å²) in [5.74, 6) is 1.26. The predicted molar refractivity (Wildman–Crippen MR) is 241 cm³/mol. The molecule has 2 N–H and O–H groups in total. The number of hydrogen-bond donors (Lipinski definition) is 2. The molecule has 6 aromatic rings. The number of nitrogens with zero attached hydrogens (tertiary/aromatic N) is 5. The van der Waals surface area contributed by atoms with E-state index in [0.29, 0.717) is 76.8 Å². The SMILES string of the molecule is CCCc1c(CCCC(=O)O)cccc1-c1noc(-c2ccc(OC(C)C)c(C#N)c2)n1.CCCc1c(CCCC(=O)O)cccc1-c1noc(-c2ccc(OC(C)C)c(Cl)c2)n1. The van der Waals surface area contributed by atoms with Crippen LogP contribution >= 0.6 is 11.6 Å². The molecule has 6 rings (SSSR count). The number of ether oxygens (including phenoxy) is 2. The van der Waals surface area contributed by atoms with Gasteiger partial charge in [-0.2, -0.15) is 15.2 Å². The van der Waals surface area contributed by atoms with Crippen LogP contribution in [-0.2, 0) is 35.3 Å². The quantitative estimate of drug-likeness (QED) is 0.0736. The molecule has 4 aromatic carbocycles. The Morgan fingerprint density at radius 2 is 1.14 bits per heavy atom. The van der Waals surface area contributed by atoms with E-state index < -0.39 is 11.9 Å². The Kier molecular flexibility index (Phi) is 17.4. The van der Waals surface area contributed by atoms with E-state index in [0.717, 1.165) is 64.6 Å². The molecule has 13 nitrogen and oxygen atoms in total. The standard InChI is InChI=1S/C25H27N3O4.C24H27ClN2O4/c1-4-7-20-17(9-6-11-23(29)30)8-5-10-21(20)24-27-25(32-28-24)18-12-13-22(31-16(2)3)19(14-18)15-26;1-4-7-18-16(9-6-11-22(28)29)8-5-10-19(18)23-26-24(31-27-23)17-12-13-21(20(25)14-17)30-15(2)3/h5,8,10,12-14,16H,4,6-7,9,11H2,1-3H3,(H,29,30);5,8,10,12-15H,4,6-7,9,11H2,1-3H3,(H,28,29). The molecular weight excluding hydrogens is 822 g/mol. The molecule has 0 saturated heterocycles. The molecule has 0 atom stereocenters. The van der Waals surface area contributed by atoms with E-state index in [2.05, 4.69) is 40.2 Å². The van der Waals surface area contributed by atoms with Crippen LogP contribution in [0.1, 0.15) is 108 Å². The highest BCUT2D eigenvalue weighted by molar-refractivity contribution is 6.32. The highest BCUT2D eigenvalue weighted by Crippen LogP contribution is 2.34. The number of aromatic nitrogens is 4. The van der Waals surface area contributed by atoms with Gasteiger partial charge < -0.3 is 28.7 Å². The molecule has 330 valence electrons. The van der Waals surface area contributed by atoms with Crippen molar-refractivity contribution in [3.05, 3.63) is 106 Å². The predicted octanol–water partition coefficient (Wildman–Crippen LogP) is 11.6. The van der Waals surface area contributed by atoms with Crippen molar-refractivity contribution in [3.63, 3.8) is 0 Å². The van der Waals surface area contributed by atoms with Crippen molar-refractivity contribution in [3.8, 4) is 63.3 Å². The topological polar surface area (TPSA) is 195 Å². The van der Waals surface area contributed by atoms with Gasteiger partial charge in [-0.1, -0.05) is 85.0 Å². The summed E-state index contributed by atoms with van der Waals surface area (Å²) in [4.78, 5) is 30.9. The molecule has 0 unspecified atom stereocenters. The van der Waals surface area contributed by atoms with Crippen molar-refractivity contribution in [2.45, 2.75) is 118 Å². The van der Waals surface area contributed by atoms with Crippen LogP contribution < -0.4 is 9.47 Å². The number of carbonyl (C=O) groups is 2. The van der Waals surface area contributed by atoms with Crippen molar-refractivity contribution < 1.29 is 38.3 Å². The van der Waals surface area contributed by atoms with Gasteiger partial charge in [0.05, 0.1) is 22.8 Å². The summed E-state index contributed by atoms with van der Waals surface area (Å²) in [6.45, 7) is 11.9. The second kappa shape index (κ2) is 23.1. The summed E-state index contributed by atoms with van der Waals surface area (Å²) in [5, 5.41) is 36.2. The second-order valence-electron chi connectivity index (χ2n) is 15.5. The van der Waals surface area contributed by atoms with Crippen LogP contribution in [-0.4, -0.2) is 54.6 Å². The van der Waals surface area contributed by atoms with Gasteiger partial charge in [-0.25, -0.2) is 0 Å². The molecule has 0 aliphatic carbocycles. The first kappa shape index (κ1) is 47.5. The maximum Gasteiger partial charge on any atom is 0.303 e. The number of hydrogen-bond acceptors (Lipinski definition) is 11. The number of rotatable bonds is 20. The van der Waals surface area contributed by atoms with E-state index in [1.807, 2.05) is 70.2 Å². The van der Waals surface area contributed by atoms with E-state index in [4.69, 9.17) is 40.3 Å². The van der Waals surface area contributed by atoms with Crippen molar-refractivity contribution >= 4 is 23.5 Å². The number of nitriles is 1. The van der Waals surface area contributed by atoms with Crippen molar-refractivity contribution in [1.29, 1.82) is 5.26 Å². The molecule has 0 fully saturated rings. The van der Waals surface area contributed by atoms with Crippen LogP contribution in [0.3, 0.4) is 0 Å². The van der Waals surface area contributed by atoms with E-state index in [1.165, 1.54) is 0 Å². The number of benzene rings is 4. The molecule has 0 bridgehead atoms. The average molecular weight is 876 g/mol. The van der Waals surface area contributed by atoms with Gasteiger partial charge in [-0.3, -0.25) is 9.59 Å². The van der Waals surface area contributed by atoms with E-state index in [-0.39, 0.29) is 25.0 Å². The maximum absolute atomic E-state index is 10.9. The molecule has 0 saturated carbocycles. The molecule has 63 heavy (non-hydrogen) atoms. The summed E-state index contributed by atoms with van der Waals surface area (Å²) in [6, 6.07) is 24.7. The van der Waals surface area contributed by atoms with Crippen LogP contribution in [0.4, 0.5) is 0 Å². The highest BCUT2D eigenvalue weighted by atomic mass is 35.5. The zero-order chi connectivity index (χ0) is 45.5. The van der Waals surface area contributed by atoms with Crippen LogP contribution in [0, 0.1) is 11.3 Å². The summed E-state index contributed by atoms with van der Waals surface area (Å²) in [5.41, 5.74) is 8.06. The van der Waals surface area contributed by atoms with Crippen molar-refractivity contribution in [2.75, 3.05) is 0 Å². The molecule has 0 aliphatic heterocycles. The minimum atomic E-state index is -0.789. The lowest BCUT2D eigenvalue weighted by atomic mass is 9.93. The fraction of sp³-hybridized carbons (Fsp3) is 0.367. The van der Waals surface area contributed by atoms with Crippen LogP contribution in [0.2, 0.25) is 5.02 Å². The third-order valence-electron chi connectivity index (χ3n) is 9.80. The first-order chi connectivity index (χ1) is 30.3. The van der Waals surface area contributed by atoms with Gasteiger partial charge in [0.1, 0.15) is 17.6 Å². The van der Waals surface area contributed by atoms with Crippen molar-refractivity contribution in [1.82, 2.24) is 20.3 Å². The van der Waals surface area contributed by atoms with Gasteiger partial charge in [0, 0.05) is 35.1 Å². The lowest BCUT2D eigenvalue weighted by molar-refractivity contribution is -0.138. The van der Waals surface area contributed by atoms with Crippen LogP contribution in [0.5, 0.6) is 11.5 Å². The Morgan fingerprint density at radius 3 is 1.57 bits per heavy atom. The Labute approximate surface area is 373 Å². The fourth-order valence-corrected chi connectivity index (χ4v) is 7.32. The monoisotopic (exact) mass is 875 g/mol. The van der Waals surface area contributed by atoms with E-state index >= 15 is 0 Å². The summed E-state index contributed by atoms with van der Waals surface area (Å²) >= 11 is 6.35. The van der Waals surface area contributed by atoms with Gasteiger partial charge in [-0.05, 0) is 125 Å². The van der Waals surface area contributed by atoms with Gasteiger partial charge in [0.25, 0.3) is 11.8 Å². The summed E-state index contributed by atoms with van der Waals surface area (Å²) in [6.07, 6.45) is 6.43. The summed E-state index contributed by atoms with van der Waals surface area (Å²) in [7, 11) is 0. The van der Waals surface area contributed by atoms with Crippen LogP contribution in [0.15, 0.2) is 81.8 Å². The molecule has 14 heteroatoms. The van der Waals surface area contributed by atoms with E-state index in [1.54, 1.807) is 30.3 Å². The van der Waals surface area contributed by atoms with E-state index in [9.17, 15) is 14.9 Å². The molecule has 0 aliphatic rings. The minimum absolute atomic E-state index is 0.0260. The Bertz CT molecular complexity index is 2520. The summed E-state index contributed by atoms with van der Waals surface area (Å²) < 4.78 is 22.4. The third-order valence-corrected chi connectivity index (χ3v) is 10.1. The molecule has 0 radical (unpaired) electrons. The zero-order valence-electron chi connectivity index (χ0n) is 36.6. The normalized spacial score (nSPS) is 11.0. The molecule has 0 amide bonds. The third kappa shape index (κ3) is 13.2. The van der Waals surface area contributed by atoms with Crippen LogP contribution in [0.25, 0.3) is 45.7 Å². The maximum atomic E-state index is 10.9. The lowest BCUT2D eigenvalue weighted by Crippen LogP contribution is -2.06. The highest BCUT2D eigenvalue weighted by Gasteiger charge is 2.20. The Morgan fingerprint density at radius 1 is 0.683 bits per heavy atom. The zero-order valence-corrected chi connectivity index (χ0v) is 37.4. The average Bonchev–Trinajstić information content (AvgIpc) is 3.94. The first-order valence-corrected chi connectivity index (χ1v) is 21.7. The smallest absolute Gasteiger partial charge is 0.303 e. The van der Waals surface area contributed by atoms with Gasteiger partial charge >= 0.3 is 11.9 Å². The number of aryl methyl sites for hydroxylation is 2. The van der Waals surface area contributed by atoms with Gasteiger partial charge in [-0.15, -0.1) is 0 Å². The Hall–Kier alpha value is -6.52. The molecule has 2 aromatic heterocycles. The molecule has 2 heterocycles. The van der Waals surface area contributed by atoms with Crippen molar-refractivity contribution in [2.24, 2.45) is 0 Å². The van der Waals surface area contributed by atoms with Gasteiger partial charge in [0.15, 0.2) is 0 Å². The first-order valence-electron chi connectivity index (χ1n) is 21.3. The lowest BCUT2D eigenvalue weighted by Gasteiger charge is -2.12. The minimum Gasteiger partial charge on any atom is -0.490 e. The fourth-order valence-electron chi connectivity index (χ4n) is 7.10. The number of halogens is 1. The number of carboxylic acids is 2.